The van der Waals surface area contributed by atoms with Crippen LogP contribution in [0.4, 0.5) is 4.39 Å². The molecule has 0 radical (unpaired) electrons. The van der Waals surface area contributed by atoms with Gasteiger partial charge in [0.05, 0.1) is 12.7 Å². The molecule has 1 aromatic heterocycles. The van der Waals surface area contributed by atoms with Crippen molar-refractivity contribution in [3.63, 3.8) is 0 Å². The van der Waals surface area contributed by atoms with Crippen molar-refractivity contribution in [3.05, 3.63) is 18.3 Å². The predicted molar refractivity (Wildman–Crippen MR) is 47.0 cm³/mol. The molecule has 0 aliphatic rings. The molecule has 72 valence electrons. The summed E-state index contributed by atoms with van der Waals surface area (Å²) in [6.07, 6.45) is 4.39. The van der Waals surface area contributed by atoms with Gasteiger partial charge < -0.3 is 4.74 Å². The lowest BCUT2D eigenvalue weighted by Crippen LogP contribution is -1.99. The summed E-state index contributed by atoms with van der Waals surface area (Å²) < 4.78 is 17.7. The van der Waals surface area contributed by atoms with E-state index in [2.05, 4.69) is 16.9 Å². The predicted octanol–water partition coefficient (Wildman–Crippen LogP) is 2.18. The Kier molecular flexibility index (Phi) is 4.15. The first kappa shape index (κ1) is 9.89. The first-order valence-electron chi connectivity index (χ1n) is 4.43. The average molecular weight is 184 g/mol. The third kappa shape index (κ3) is 3.83. The minimum atomic E-state index is -0.555. The first-order chi connectivity index (χ1) is 6.33. The van der Waals surface area contributed by atoms with Crippen LogP contribution in [-0.4, -0.2) is 16.6 Å². The molecule has 0 saturated carbocycles. The molecule has 0 atom stereocenters. The van der Waals surface area contributed by atoms with Gasteiger partial charge in [0.1, 0.15) is 6.33 Å². The van der Waals surface area contributed by atoms with Gasteiger partial charge in [0.2, 0.25) is 11.8 Å². The maximum atomic E-state index is 12.5. The summed E-state index contributed by atoms with van der Waals surface area (Å²) in [6, 6.07) is 1.19. The number of aromatic nitrogens is 2. The van der Waals surface area contributed by atoms with Gasteiger partial charge in [-0.15, -0.1) is 0 Å². The van der Waals surface area contributed by atoms with E-state index in [0.717, 1.165) is 25.6 Å². The normalized spacial score (nSPS) is 10.0. The summed E-state index contributed by atoms with van der Waals surface area (Å²) in [5.74, 6) is -0.246. The Morgan fingerprint density at radius 3 is 2.92 bits per heavy atom. The molecule has 0 N–H and O–H groups in total. The van der Waals surface area contributed by atoms with Crippen LogP contribution in [0.2, 0.25) is 0 Å². The number of halogens is 1. The van der Waals surface area contributed by atoms with E-state index in [0.29, 0.717) is 12.5 Å². The first-order valence-corrected chi connectivity index (χ1v) is 4.43. The SMILES string of the molecule is CCCCCOc1cc(F)ncn1. The monoisotopic (exact) mass is 184 g/mol. The summed E-state index contributed by atoms with van der Waals surface area (Å²) in [4.78, 5) is 7.09. The van der Waals surface area contributed by atoms with E-state index >= 15 is 0 Å². The zero-order valence-corrected chi connectivity index (χ0v) is 7.66. The minimum absolute atomic E-state index is 0.309. The van der Waals surface area contributed by atoms with Crippen LogP contribution in [0.25, 0.3) is 0 Å². The Hall–Kier alpha value is -1.19. The topological polar surface area (TPSA) is 35.0 Å². The highest BCUT2D eigenvalue weighted by Gasteiger charge is 1.97. The van der Waals surface area contributed by atoms with Gasteiger partial charge in [0, 0.05) is 0 Å². The van der Waals surface area contributed by atoms with Crippen LogP contribution < -0.4 is 4.74 Å². The van der Waals surface area contributed by atoms with Gasteiger partial charge in [0.15, 0.2) is 0 Å². The van der Waals surface area contributed by atoms with Crippen molar-refractivity contribution < 1.29 is 9.13 Å². The minimum Gasteiger partial charge on any atom is -0.478 e. The smallest absolute Gasteiger partial charge is 0.219 e. The summed E-state index contributed by atoms with van der Waals surface area (Å²) >= 11 is 0. The van der Waals surface area contributed by atoms with Crippen molar-refractivity contribution >= 4 is 0 Å². The second kappa shape index (κ2) is 5.45. The van der Waals surface area contributed by atoms with Gasteiger partial charge in [-0.25, -0.2) is 9.97 Å². The number of rotatable bonds is 5. The van der Waals surface area contributed by atoms with Crippen LogP contribution in [-0.2, 0) is 0 Å². The molecule has 0 aromatic carbocycles. The molecule has 0 fully saturated rings. The molecule has 1 heterocycles. The van der Waals surface area contributed by atoms with Crippen molar-refractivity contribution in [2.45, 2.75) is 26.2 Å². The fourth-order valence-corrected chi connectivity index (χ4v) is 0.925. The van der Waals surface area contributed by atoms with E-state index < -0.39 is 5.95 Å². The zero-order valence-electron chi connectivity index (χ0n) is 7.66. The Bertz CT molecular complexity index is 255. The summed E-state index contributed by atoms with van der Waals surface area (Å²) in [5.41, 5.74) is 0. The van der Waals surface area contributed by atoms with Gasteiger partial charge in [-0.1, -0.05) is 19.8 Å². The Morgan fingerprint density at radius 2 is 2.23 bits per heavy atom. The van der Waals surface area contributed by atoms with Crippen LogP contribution >= 0.6 is 0 Å². The quantitative estimate of drug-likeness (QED) is 0.519. The van der Waals surface area contributed by atoms with Gasteiger partial charge in [0.25, 0.3) is 0 Å². The molecule has 3 nitrogen and oxygen atoms in total. The van der Waals surface area contributed by atoms with E-state index in [4.69, 9.17) is 4.74 Å². The maximum absolute atomic E-state index is 12.5. The standard InChI is InChI=1S/C9H13FN2O/c1-2-3-4-5-13-9-6-8(10)11-7-12-9/h6-7H,2-5H2,1H3. The lowest BCUT2D eigenvalue weighted by Gasteiger charge is -2.03. The Labute approximate surface area is 77.0 Å². The molecule has 13 heavy (non-hydrogen) atoms. The Balaban J connectivity index is 2.28. The fourth-order valence-electron chi connectivity index (χ4n) is 0.925. The second-order valence-corrected chi connectivity index (χ2v) is 2.73. The summed E-state index contributed by atoms with van der Waals surface area (Å²) in [7, 11) is 0. The maximum Gasteiger partial charge on any atom is 0.219 e. The molecule has 0 bridgehead atoms. The number of hydrogen-bond acceptors (Lipinski definition) is 3. The van der Waals surface area contributed by atoms with E-state index in [1.807, 2.05) is 0 Å². The molecular weight excluding hydrogens is 171 g/mol. The van der Waals surface area contributed by atoms with Gasteiger partial charge >= 0.3 is 0 Å². The number of nitrogens with zero attached hydrogens (tertiary/aromatic N) is 2. The molecule has 4 heteroatoms. The molecule has 0 spiro atoms. The molecule has 0 aliphatic heterocycles. The fraction of sp³-hybridized carbons (Fsp3) is 0.556. The van der Waals surface area contributed by atoms with Gasteiger partial charge in [-0.2, -0.15) is 4.39 Å². The van der Waals surface area contributed by atoms with Crippen molar-refractivity contribution in [3.8, 4) is 5.88 Å². The third-order valence-electron chi connectivity index (χ3n) is 1.61. The van der Waals surface area contributed by atoms with Gasteiger partial charge in [-0.3, -0.25) is 0 Å². The van der Waals surface area contributed by atoms with Crippen LogP contribution in [0.1, 0.15) is 26.2 Å². The van der Waals surface area contributed by atoms with E-state index in [1.165, 1.54) is 6.07 Å². The lowest BCUT2D eigenvalue weighted by molar-refractivity contribution is 0.292. The summed E-state index contributed by atoms with van der Waals surface area (Å²) in [5, 5.41) is 0. The third-order valence-corrected chi connectivity index (χ3v) is 1.61. The molecule has 0 unspecified atom stereocenters. The molecule has 0 amide bonds. The van der Waals surface area contributed by atoms with Crippen LogP contribution in [0.15, 0.2) is 12.4 Å². The molecule has 1 rings (SSSR count). The zero-order chi connectivity index (χ0) is 9.52. The highest BCUT2D eigenvalue weighted by Crippen LogP contribution is 2.06. The van der Waals surface area contributed by atoms with Crippen molar-refractivity contribution in [1.29, 1.82) is 0 Å². The highest BCUT2D eigenvalue weighted by molar-refractivity contribution is 5.05. The van der Waals surface area contributed by atoms with Gasteiger partial charge in [-0.05, 0) is 6.42 Å². The van der Waals surface area contributed by atoms with Crippen molar-refractivity contribution in [1.82, 2.24) is 9.97 Å². The van der Waals surface area contributed by atoms with Crippen molar-refractivity contribution in [2.24, 2.45) is 0 Å². The molecular formula is C9H13FN2O. The molecule has 0 aliphatic carbocycles. The number of hydrogen-bond donors (Lipinski definition) is 0. The van der Waals surface area contributed by atoms with E-state index in [9.17, 15) is 4.39 Å². The number of ether oxygens (including phenoxy) is 1. The van der Waals surface area contributed by atoms with Crippen molar-refractivity contribution in [2.75, 3.05) is 6.61 Å². The second-order valence-electron chi connectivity index (χ2n) is 2.73. The van der Waals surface area contributed by atoms with Crippen LogP contribution in [0, 0.1) is 5.95 Å². The van der Waals surface area contributed by atoms with Crippen LogP contribution in [0.5, 0.6) is 5.88 Å². The van der Waals surface area contributed by atoms with E-state index in [1.54, 1.807) is 0 Å². The number of unbranched alkanes of at least 4 members (excludes halogenated alkanes) is 2. The summed E-state index contributed by atoms with van der Waals surface area (Å²) in [6.45, 7) is 2.70. The van der Waals surface area contributed by atoms with E-state index in [-0.39, 0.29) is 0 Å². The lowest BCUT2D eigenvalue weighted by atomic mass is 10.3. The largest absolute Gasteiger partial charge is 0.478 e. The van der Waals surface area contributed by atoms with Crippen LogP contribution in [0.3, 0.4) is 0 Å². The average Bonchev–Trinajstić information content (AvgIpc) is 2.13. The Morgan fingerprint density at radius 1 is 1.38 bits per heavy atom. The molecule has 1 aromatic rings. The highest BCUT2D eigenvalue weighted by atomic mass is 19.1. The molecule has 0 saturated heterocycles.